The van der Waals surface area contributed by atoms with Gasteiger partial charge in [-0.15, -0.1) is 0 Å². The summed E-state index contributed by atoms with van der Waals surface area (Å²) in [4.78, 5) is 0. The summed E-state index contributed by atoms with van der Waals surface area (Å²) in [5, 5.41) is 0. The van der Waals surface area contributed by atoms with Crippen LogP contribution in [-0.2, 0) is 11.2 Å². The summed E-state index contributed by atoms with van der Waals surface area (Å²) in [7, 11) is 0. The number of ether oxygens (including phenoxy) is 2. The van der Waals surface area contributed by atoms with Crippen molar-refractivity contribution in [2.24, 2.45) is 11.7 Å². The Hall–Kier alpha value is -1.06. The summed E-state index contributed by atoms with van der Waals surface area (Å²) in [6, 6.07) is 8.46. The molecular weight excluding hydrogens is 262 g/mol. The fourth-order valence-corrected chi connectivity index (χ4v) is 4.49. The smallest absolute Gasteiger partial charge is 0.123 e. The summed E-state index contributed by atoms with van der Waals surface area (Å²) in [6.45, 7) is 0.873. The number of fused-ring (bicyclic) bond motifs is 1. The molecule has 0 aromatic heterocycles. The molecule has 3 heteroatoms. The van der Waals surface area contributed by atoms with Gasteiger partial charge in [-0.3, -0.25) is 0 Å². The maximum absolute atomic E-state index is 6.60. The van der Waals surface area contributed by atoms with Crippen molar-refractivity contribution in [3.63, 3.8) is 0 Å². The monoisotopic (exact) mass is 287 g/mol. The molecule has 21 heavy (non-hydrogen) atoms. The number of benzene rings is 1. The lowest BCUT2D eigenvalue weighted by Crippen LogP contribution is -2.49. The predicted octanol–water partition coefficient (Wildman–Crippen LogP) is 3.06. The molecule has 1 aromatic rings. The Balaban J connectivity index is 1.45. The zero-order valence-electron chi connectivity index (χ0n) is 12.6. The van der Waals surface area contributed by atoms with Crippen molar-refractivity contribution in [2.75, 3.05) is 6.61 Å². The van der Waals surface area contributed by atoms with Gasteiger partial charge in [0.05, 0.1) is 5.60 Å². The third-order valence-electron chi connectivity index (χ3n) is 5.69. The molecule has 2 N–H and O–H groups in total. The number of rotatable bonds is 2. The molecule has 2 heterocycles. The zero-order chi connectivity index (χ0) is 14.3. The average molecular weight is 287 g/mol. The molecule has 3 atom stereocenters. The Morgan fingerprint density at radius 3 is 2.81 bits per heavy atom. The molecule has 4 rings (SSSR count). The lowest BCUT2D eigenvalue weighted by Gasteiger charge is -2.41. The van der Waals surface area contributed by atoms with E-state index in [2.05, 4.69) is 18.2 Å². The van der Waals surface area contributed by atoms with E-state index in [0.29, 0.717) is 5.92 Å². The molecule has 1 saturated carbocycles. The molecule has 0 bridgehead atoms. The van der Waals surface area contributed by atoms with Gasteiger partial charge in [-0.25, -0.2) is 0 Å². The van der Waals surface area contributed by atoms with E-state index < -0.39 is 0 Å². The van der Waals surface area contributed by atoms with Gasteiger partial charge in [-0.2, -0.15) is 0 Å². The first kappa shape index (κ1) is 13.6. The van der Waals surface area contributed by atoms with E-state index in [-0.39, 0.29) is 17.7 Å². The van der Waals surface area contributed by atoms with Crippen molar-refractivity contribution >= 4 is 0 Å². The van der Waals surface area contributed by atoms with Gasteiger partial charge in [0.15, 0.2) is 0 Å². The summed E-state index contributed by atoms with van der Waals surface area (Å²) < 4.78 is 12.2. The van der Waals surface area contributed by atoms with E-state index in [4.69, 9.17) is 15.2 Å². The van der Waals surface area contributed by atoms with Gasteiger partial charge < -0.3 is 15.2 Å². The lowest BCUT2D eigenvalue weighted by molar-refractivity contribution is -0.100. The van der Waals surface area contributed by atoms with Crippen LogP contribution in [0.4, 0.5) is 0 Å². The molecule has 0 amide bonds. The van der Waals surface area contributed by atoms with Gasteiger partial charge in [-0.05, 0) is 43.2 Å². The van der Waals surface area contributed by atoms with E-state index in [0.717, 1.165) is 31.6 Å². The largest absolute Gasteiger partial charge is 0.488 e. The Morgan fingerprint density at radius 1 is 1.19 bits per heavy atom. The molecule has 1 spiro atoms. The van der Waals surface area contributed by atoms with Crippen molar-refractivity contribution in [3.8, 4) is 5.75 Å². The quantitative estimate of drug-likeness (QED) is 0.909. The summed E-state index contributed by atoms with van der Waals surface area (Å²) in [6.07, 6.45) is 8.39. The highest BCUT2D eigenvalue weighted by atomic mass is 16.5. The van der Waals surface area contributed by atoms with Crippen molar-refractivity contribution in [2.45, 2.75) is 62.7 Å². The highest BCUT2D eigenvalue weighted by Gasteiger charge is 2.43. The topological polar surface area (TPSA) is 44.5 Å². The van der Waals surface area contributed by atoms with Crippen LogP contribution in [0.5, 0.6) is 5.75 Å². The molecule has 3 aliphatic rings. The zero-order valence-corrected chi connectivity index (χ0v) is 12.6. The summed E-state index contributed by atoms with van der Waals surface area (Å²) >= 11 is 0. The third-order valence-corrected chi connectivity index (χ3v) is 5.69. The second-order valence-electron chi connectivity index (χ2n) is 7.04. The predicted molar refractivity (Wildman–Crippen MR) is 82.4 cm³/mol. The van der Waals surface area contributed by atoms with Crippen LogP contribution >= 0.6 is 0 Å². The molecule has 114 valence electrons. The Morgan fingerprint density at radius 2 is 2.00 bits per heavy atom. The van der Waals surface area contributed by atoms with Crippen LogP contribution in [0.15, 0.2) is 24.3 Å². The van der Waals surface area contributed by atoms with Gasteiger partial charge in [0.1, 0.15) is 11.9 Å². The van der Waals surface area contributed by atoms with E-state index in [1.165, 1.54) is 31.2 Å². The Labute approximate surface area is 126 Å². The number of para-hydroxylation sites is 1. The van der Waals surface area contributed by atoms with Gasteiger partial charge in [0, 0.05) is 19.1 Å². The first-order valence-corrected chi connectivity index (χ1v) is 8.40. The maximum atomic E-state index is 6.60. The molecule has 0 radical (unpaired) electrons. The lowest BCUT2D eigenvalue weighted by atomic mass is 9.79. The van der Waals surface area contributed by atoms with Crippen LogP contribution in [0.25, 0.3) is 0 Å². The molecule has 1 aliphatic carbocycles. The fourth-order valence-electron chi connectivity index (χ4n) is 4.49. The van der Waals surface area contributed by atoms with Crippen LogP contribution in [0.1, 0.15) is 44.1 Å². The van der Waals surface area contributed by atoms with Gasteiger partial charge in [0.2, 0.25) is 0 Å². The van der Waals surface area contributed by atoms with Crippen LogP contribution < -0.4 is 10.5 Å². The van der Waals surface area contributed by atoms with Crippen molar-refractivity contribution in [1.82, 2.24) is 0 Å². The second kappa shape index (κ2) is 5.29. The number of hydrogen-bond acceptors (Lipinski definition) is 3. The highest BCUT2D eigenvalue weighted by Crippen LogP contribution is 2.43. The molecular formula is C18H25NO2. The van der Waals surface area contributed by atoms with E-state index in [1.807, 2.05) is 6.07 Å². The van der Waals surface area contributed by atoms with Gasteiger partial charge in [-0.1, -0.05) is 31.0 Å². The fraction of sp³-hybridized carbons (Fsp3) is 0.667. The normalized spacial score (nSPS) is 31.9. The minimum absolute atomic E-state index is 0.124. The van der Waals surface area contributed by atoms with Crippen molar-refractivity contribution in [3.05, 3.63) is 29.8 Å². The van der Waals surface area contributed by atoms with Gasteiger partial charge >= 0.3 is 0 Å². The van der Waals surface area contributed by atoms with E-state index in [9.17, 15) is 0 Å². The second-order valence-corrected chi connectivity index (χ2v) is 7.04. The van der Waals surface area contributed by atoms with Crippen LogP contribution in [0.2, 0.25) is 0 Å². The van der Waals surface area contributed by atoms with Crippen LogP contribution in [0.3, 0.4) is 0 Å². The SMILES string of the molecule is NC(C1CCOC2(CCCC2)C1)C1Cc2ccccc2O1. The number of nitrogens with two attached hydrogens (primary N) is 1. The minimum atomic E-state index is 0.124. The standard InChI is InChI=1S/C18H25NO2/c19-17(16-11-13-5-1-2-6-15(13)21-16)14-7-10-20-18(12-14)8-3-4-9-18/h1-2,5-6,14,16-17H,3-4,7-12,19H2. The molecule has 1 saturated heterocycles. The summed E-state index contributed by atoms with van der Waals surface area (Å²) in [5.74, 6) is 1.57. The molecule has 2 fully saturated rings. The van der Waals surface area contributed by atoms with E-state index in [1.54, 1.807) is 0 Å². The molecule has 3 nitrogen and oxygen atoms in total. The first-order valence-electron chi connectivity index (χ1n) is 8.40. The molecule has 3 unspecified atom stereocenters. The molecule has 2 aliphatic heterocycles. The Kier molecular flexibility index (Phi) is 3.43. The van der Waals surface area contributed by atoms with E-state index >= 15 is 0 Å². The summed E-state index contributed by atoms with van der Waals surface area (Å²) in [5.41, 5.74) is 8.05. The van der Waals surface area contributed by atoms with Crippen molar-refractivity contribution in [1.29, 1.82) is 0 Å². The minimum Gasteiger partial charge on any atom is -0.488 e. The maximum Gasteiger partial charge on any atom is 0.123 e. The van der Waals surface area contributed by atoms with Crippen LogP contribution in [0, 0.1) is 5.92 Å². The van der Waals surface area contributed by atoms with Gasteiger partial charge in [0.25, 0.3) is 0 Å². The Bertz CT molecular complexity index is 485. The third kappa shape index (κ3) is 2.47. The van der Waals surface area contributed by atoms with Crippen molar-refractivity contribution < 1.29 is 9.47 Å². The molecule has 1 aromatic carbocycles. The highest BCUT2D eigenvalue weighted by molar-refractivity contribution is 5.37. The average Bonchev–Trinajstić information content (AvgIpc) is 3.13. The van der Waals surface area contributed by atoms with Crippen LogP contribution in [-0.4, -0.2) is 24.4 Å². The first-order chi connectivity index (χ1) is 10.3. The number of hydrogen-bond donors (Lipinski definition) is 1.